The van der Waals surface area contributed by atoms with Crippen LogP contribution < -0.4 is 0 Å². The lowest BCUT2D eigenvalue weighted by Crippen LogP contribution is -2.47. The van der Waals surface area contributed by atoms with Gasteiger partial charge in [-0.1, -0.05) is 38.1 Å². The van der Waals surface area contributed by atoms with Gasteiger partial charge in [-0.2, -0.15) is 0 Å². The normalized spacial score (nSPS) is 26.5. The summed E-state index contributed by atoms with van der Waals surface area (Å²) in [5.41, 5.74) is 0.285. The first-order valence-electron chi connectivity index (χ1n) is 8.76. The quantitative estimate of drug-likeness (QED) is 0.628. The predicted octanol–water partition coefficient (Wildman–Crippen LogP) is 3.37. The Morgan fingerprint density at radius 2 is 2.04 bits per heavy atom. The highest BCUT2D eigenvalue weighted by molar-refractivity contribution is 6.16. The SMILES string of the molecule is CC(C)COC(=O)C1(C2CCCC(=O)C2)Cc2ccccc2C1=O. The molecule has 1 saturated carbocycles. The number of Topliss-reactive ketones (excluding diaryl/α,β-unsaturated/α-hetero) is 2. The van der Waals surface area contributed by atoms with E-state index in [1.165, 1.54) is 0 Å². The Kier molecular flexibility index (Phi) is 4.57. The molecule has 4 nitrogen and oxygen atoms in total. The van der Waals surface area contributed by atoms with Crippen LogP contribution in [0.2, 0.25) is 0 Å². The van der Waals surface area contributed by atoms with Crippen molar-refractivity contribution in [3.63, 3.8) is 0 Å². The second kappa shape index (κ2) is 6.50. The summed E-state index contributed by atoms with van der Waals surface area (Å²) >= 11 is 0. The fourth-order valence-corrected chi connectivity index (χ4v) is 3.99. The Bertz CT molecular complexity index is 676. The van der Waals surface area contributed by atoms with Gasteiger partial charge in [0, 0.05) is 18.4 Å². The van der Waals surface area contributed by atoms with E-state index in [4.69, 9.17) is 4.74 Å². The fraction of sp³-hybridized carbons (Fsp3) is 0.550. The van der Waals surface area contributed by atoms with Gasteiger partial charge in [0.15, 0.2) is 5.78 Å². The van der Waals surface area contributed by atoms with Gasteiger partial charge in [0.2, 0.25) is 0 Å². The summed E-state index contributed by atoms with van der Waals surface area (Å²) in [6.07, 6.45) is 2.68. The van der Waals surface area contributed by atoms with E-state index in [9.17, 15) is 14.4 Å². The number of ketones is 2. The summed E-state index contributed by atoms with van der Waals surface area (Å²) in [6.45, 7) is 4.23. The maximum Gasteiger partial charge on any atom is 0.320 e. The highest BCUT2D eigenvalue weighted by Gasteiger charge is 2.57. The van der Waals surface area contributed by atoms with Gasteiger partial charge in [-0.3, -0.25) is 14.4 Å². The lowest BCUT2D eigenvalue weighted by molar-refractivity contribution is -0.157. The lowest BCUT2D eigenvalue weighted by atomic mass is 9.66. The van der Waals surface area contributed by atoms with Crippen LogP contribution in [0.1, 0.15) is 55.5 Å². The van der Waals surface area contributed by atoms with Crippen molar-refractivity contribution < 1.29 is 19.1 Å². The molecule has 2 aliphatic rings. The molecule has 4 heteroatoms. The van der Waals surface area contributed by atoms with E-state index in [0.29, 0.717) is 31.4 Å². The maximum absolute atomic E-state index is 13.2. The minimum absolute atomic E-state index is 0.144. The molecule has 0 saturated heterocycles. The van der Waals surface area contributed by atoms with Gasteiger partial charge in [-0.25, -0.2) is 0 Å². The molecular formula is C20H24O4. The zero-order valence-corrected chi connectivity index (χ0v) is 14.3. The lowest BCUT2D eigenvalue weighted by Gasteiger charge is -2.36. The van der Waals surface area contributed by atoms with Gasteiger partial charge in [-0.05, 0) is 36.7 Å². The molecule has 1 aromatic rings. The molecule has 128 valence electrons. The first-order valence-corrected chi connectivity index (χ1v) is 8.76. The minimum Gasteiger partial charge on any atom is -0.465 e. The number of rotatable bonds is 4. The highest BCUT2D eigenvalue weighted by Crippen LogP contribution is 2.48. The van der Waals surface area contributed by atoms with Gasteiger partial charge in [0.25, 0.3) is 0 Å². The number of ether oxygens (including phenoxy) is 1. The predicted molar refractivity (Wildman–Crippen MR) is 89.7 cm³/mol. The molecule has 2 aliphatic carbocycles. The van der Waals surface area contributed by atoms with Crippen LogP contribution in [0.25, 0.3) is 0 Å². The van der Waals surface area contributed by atoms with E-state index < -0.39 is 11.4 Å². The molecule has 0 bridgehead atoms. The Balaban J connectivity index is 1.98. The molecular weight excluding hydrogens is 304 g/mol. The third-order valence-electron chi connectivity index (χ3n) is 5.23. The molecule has 0 amide bonds. The third-order valence-corrected chi connectivity index (χ3v) is 5.23. The molecule has 0 aromatic heterocycles. The Morgan fingerprint density at radius 1 is 1.29 bits per heavy atom. The van der Waals surface area contributed by atoms with E-state index >= 15 is 0 Å². The zero-order valence-electron chi connectivity index (χ0n) is 14.3. The Hall–Kier alpha value is -1.97. The van der Waals surface area contributed by atoms with Crippen LogP contribution >= 0.6 is 0 Å². The average Bonchev–Trinajstić information content (AvgIpc) is 2.87. The van der Waals surface area contributed by atoms with Gasteiger partial charge < -0.3 is 4.74 Å². The van der Waals surface area contributed by atoms with E-state index in [1.807, 2.05) is 32.0 Å². The topological polar surface area (TPSA) is 60.4 Å². The number of benzene rings is 1. The summed E-state index contributed by atoms with van der Waals surface area (Å²) in [4.78, 5) is 38.2. The second-order valence-electron chi connectivity index (χ2n) is 7.46. The minimum atomic E-state index is -1.21. The number of hydrogen-bond donors (Lipinski definition) is 0. The van der Waals surface area contributed by atoms with Crippen LogP contribution in [0.15, 0.2) is 24.3 Å². The third kappa shape index (κ3) is 2.79. The van der Waals surface area contributed by atoms with Gasteiger partial charge >= 0.3 is 5.97 Å². The fourth-order valence-electron chi connectivity index (χ4n) is 3.99. The molecule has 3 rings (SSSR count). The largest absolute Gasteiger partial charge is 0.465 e. The molecule has 0 radical (unpaired) electrons. The van der Waals surface area contributed by atoms with Crippen molar-refractivity contribution in [3.8, 4) is 0 Å². The van der Waals surface area contributed by atoms with Crippen LogP contribution in [-0.2, 0) is 20.7 Å². The van der Waals surface area contributed by atoms with Crippen molar-refractivity contribution in [2.45, 2.75) is 46.0 Å². The highest BCUT2D eigenvalue weighted by atomic mass is 16.5. The molecule has 1 fully saturated rings. The van der Waals surface area contributed by atoms with Crippen LogP contribution in [-0.4, -0.2) is 24.1 Å². The average molecular weight is 328 g/mol. The number of carbonyl (C=O) groups excluding carboxylic acids is 3. The summed E-state index contributed by atoms with van der Waals surface area (Å²) in [6, 6.07) is 7.38. The molecule has 1 aromatic carbocycles. The Labute approximate surface area is 142 Å². The second-order valence-corrected chi connectivity index (χ2v) is 7.46. The molecule has 0 heterocycles. The molecule has 0 spiro atoms. The summed E-state index contributed by atoms with van der Waals surface area (Å²) in [5.74, 6) is -0.508. The van der Waals surface area contributed by atoms with Gasteiger partial charge in [0.05, 0.1) is 6.61 Å². The van der Waals surface area contributed by atoms with Crippen LogP contribution in [0.3, 0.4) is 0 Å². The summed E-state index contributed by atoms with van der Waals surface area (Å²) in [7, 11) is 0. The number of hydrogen-bond acceptors (Lipinski definition) is 4. The van der Waals surface area contributed by atoms with Crippen molar-refractivity contribution in [1.29, 1.82) is 0 Å². The number of esters is 1. The van der Waals surface area contributed by atoms with Gasteiger partial charge in [0.1, 0.15) is 11.2 Å². The van der Waals surface area contributed by atoms with Crippen molar-refractivity contribution in [3.05, 3.63) is 35.4 Å². The molecule has 24 heavy (non-hydrogen) atoms. The van der Waals surface area contributed by atoms with Gasteiger partial charge in [-0.15, -0.1) is 0 Å². The standard InChI is InChI=1S/C20H24O4/c1-13(2)12-24-19(23)20(15-7-5-8-16(21)10-15)11-14-6-3-4-9-17(14)18(20)22/h3-4,6,9,13,15H,5,7-8,10-12H2,1-2H3. The first-order chi connectivity index (χ1) is 11.4. The summed E-state index contributed by atoms with van der Waals surface area (Å²) in [5, 5.41) is 0. The van der Waals surface area contributed by atoms with Crippen molar-refractivity contribution in [1.82, 2.24) is 0 Å². The van der Waals surface area contributed by atoms with Crippen LogP contribution in [0, 0.1) is 17.3 Å². The Morgan fingerprint density at radius 3 is 2.71 bits per heavy atom. The molecule has 2 unspecified atom stereocenters. The van der Waals surface area contributed by atoms with E-state index in [0.717, 1.165) is 18.4 Å². The smallest absolute Gasteiger partial charge is 0.320 e. The van der Waals surface area contributed by atoms with Crippen molar-refractivity contribution in [2.75, 3.05) is 6.61 Å². The molecule has 0 N–H and O–H groups in total. The zero-order chi connectivity index (χ0) is 17.3. The van der Waals surface area contributed by atoms with Crippen LogP contribution in [0.5, 0.6) is 0 Å². The monoisotopic (exact) mass is 328 g/mol. The van der Waals surface area contributed by atoms with E-state index in [-0.39, 0.29) is 23.4 Å². The van der Waals surface area contributed by atoms with Crippen molar-refractivity contribution >= 4 is 17.5 Å². The molecule has 2 atom stereocenters. The number of carbonyl (C=O) groups is 3. The number of fused-ring (bicyclic) bond motifs is 1. The van der Waals surface area contributed by atoms with Crippen molar-refractivity contribution in [2.24, 2.45) is 17.3 Å². The van der Waals surface area contributed by atoms with E-state index in [2.05, 4.69) is 0 Å². The first kappa shape index (κ1) is 16.9. The van der Waals surface area contributed by atoms with Crippen LogP contribution in [0.4, 0.5) is 0 Å². The maximum atomic E-state index is 13.2. The summed E-state index contributed by atoms with van der Waals surface area (Å²) < 4.78 is 5.51. The molecule has 0 aliphatic heterocycles. The van der Waals surface area contributed by atoms with E-state index in [1.54, 1.807) is 6.07 Å².